The molecule has 23 heavy (non-hydrogen) atoms. The highest BCUT2D eigenvalue weighted by Crippen LogP contribution is 2.45. The number of fused-ring (bicyclic) bond motifs is 2. The minimum absolute atomic E-state index is 0.235. The Bertz CT molecular complexity index is 710. The molecule has 2 aliphatic rings. The molecule has 0 saturated carbocycles. The normalized spacial score (nSPS) is 23.3. The molecule has 3 nitrogen and oxygen atoms in total. The fourth-order valence-electron chi connectivity index (χ4n) is 3.82. The van der Waals surface area contributed by atoms with Gasteiger partial charge in [0.05, 0.1) is 11.7 Å². The summed E-state index contributed by atoms with van der Waals surface area (Å²) >= 11 is 1.77. The first-order valence-corrected chi connectivity index (χ1v) is 9.08. The van der Waals surface area contributed by atoms with Crippen molar-refractivity contribution in [1.82, 2.24) is 4.90 Å². The quantitative estimate of drug-likeness (QED) is 0.845. The maximum atomic E-state index is 9.33. The van der Waals surface area contributed by atoms with Gasteiger partial charge < -0.3 is 4.74 Å². The average Bonchev–Trinajstić information content (AvgIpc) is 3.07. The van der Waals surface area contributed by atoms with E-state index in [2.05, 4.69) is 52.7 Å². The van der Waals surface area contributed by atoms with Gasteiger partial charge in [-0.05, 0) is 35.4 Å². The molecule has 1 aromatic heterocycles. The molecule has 3 heterocycles. The lowest BCUT2D eigenvalue weighted by molar-refractivity contribution is -0.121. The molecule has 2 aromatic rings. The summed E-state index contributed by atoms with van der Waals surface area (Å²) in [5, 5.41) is 11.5. The molecule has 1 spiro atoms. The van der Waals surface area contributed by atoms with Crippen LogP contribution in [0.25, 0.3) is 0 Å². The van der Waals surface area contributed by atoms with Crippen LogP contribution in [0.4, 0.5) is 0 Å². The van der Waals surface area contributed by atoms with Crippen LogP contribution < -0.4 is 0 Å². The largest absolute Gasteiger partial charge is 0.352 e. The molecule has 1 unspecified atom stereocenters. The Hall–Kier alpha value is -1.67. The smallest absolute Gasteiger partial charge is 0.150 e. The van der Waals surface area contributed by atoms with Crippen LogP contribution in [-0.4, -0.2) is 24.1 Å². The molecule has 1 atom stereocenters. The van der Waals surface area contributed by atoms with Crippen LogP contribution in [0.1, 0.15) is 28.8 Å². The van der Waals surface area contributed by atoms with Gasteiger partial charge in [0.1, 0.15) is 6.10 Å². The van der Waals surface area contributed by atoms with E-state index in [1.165, 1.54) is 16.0 Å². The molecule has 0 aliphatic carbocycles. The summed E-state index contributed by atoms with van der Waals surface area (Å²) in [6.07, 6.45) is 2.41. The maximum Gasteiger partial charge on any atom is 0.150 e. The molecule has 0 radical (unpaired) electrons. The number of nitriles is 1. The molecule has 1 aromatic carbocycles. The molecule has 2 aliphatic heterocycles. The molecule has 4 rings (SSSR count). The SMILES string of the molecule is N#CC1Cc2sccc2C2(CCN(Cc3ccccc3)CC2)O1. The molecule has 0 amide bonds. The lowest BCUT2D eigenvalue weighted by Crippen LogP contribution is -2.47. The van der Waals surface area contributed by atoms with Crippen LogP contribution in [0, 0.1) is 11.3 Å². The third-order valence-corrected chi connectivity index (χ3v) is 5.97. The van der Waals surface area contributed by atoms with E-state index in [9.17, 15) is 5.26 Å². The topological polar surface area (TPSA) is 36.3 Å². The van der Waals surface area contributed by atoms with E-state index in [1.807, 2.05) is 0 Å². The Morgan fingerprint density at radius 1 is 1.22 bits per heavy atom. The second-order valence-electron chi connectivity index (χ2n) is 6.45. The van der Waals surface area contributed by atoms with Gasteiger partial charge in [-0.3, -0.25) is 4.90 Å². The standard InChI is InChI=1S/C19H20N2OS/c20-13-16-12-18-17(6-11-23-18)19(22-16)7-9-21(10-8-19)14-15-4-2-1-3-5-15/h1-6,11,16H,7-10,12,14H2. The Labute approximate surface area is 141 Å². The Balaban J connectivity index is 1.50. The summed E-state index contributed by atoms with van der Waals surface area (Å²) in [6, 6.07) is 15.2. The number of piperidine rings is 1. The number of thiophene rings is 1. The summed E-state index contributed by atoms with van der Waals surface area (Å²) < 4.78 is 6.27. The monoisotopic (exact) mass is 324 g/mol. The van der Waals surface area contributed by atoms with Crippen molar-refractivity contribution in [2.75, 3.05) is 13.1 Å². The number of ether oxygens (including phenoxy) is 1. The van der Waals surface area contributed by atoms with Gasteiger partial charge >= 0.3 is 0 Å². The first-order chi connectivity index (χ1) is 11.3. The van der Waals surface area contributed by atoms with Crippen molar-refractivity contribution in [3.05, 3.63) is 57.8 Å². The van der Waals surface area contributed by atoms with Gasteiger partial charge in [0.15, 0.2) is 0 Å². The van der Waals surface area contributed by atoms with Gasteiger partial charge in [-0.1, -0.05) is 30.3 Å². The van der Waals surface area contributed by atoms with E-state index < -0.39 is 0 Å². The fourth-order valence-corrected chi connectivity index (χ4v) is 4.82. The number of hydrogen-bond acceptors (Lipinski definition) is 4. The minimum Gasteiger partial charge on any atom is -0.352 e. The van der Waals surface area contributed by atoms with Crippen LogP contribution in [-0.2, 0) is 23.3 Å². The highest BCUT2D eigenvalue weighted by Gasteiger charge is 2.44. The van der Waals surface area contributed by atoms with Crippen molar-refractivity contribution in [3.8, 4) is 6.07 Å². The zero-order chi connectivity index (χ0) is 15.7. The van der Waals surface area contributed by atoms with E-state index in [0.717, 1.165) is 38.9 Å². The molecule has 118 valence electrons. The predicted molar refractivity (Wildman–Crippen MR) is 91.1 cm³/mol. The van der Waals surface area contributed by atoms with Crippen LogP contribution in [0.3, 0.4) is 0 Å². The highest BCUT2D eigenvalue weighted by molar-refractivity contribution is 7.10. The van der Waals surface area contributed by atoms with Crippen molar-refractivity contribution in [1.29, 1.82) is 5.26 Å². The number of hydrogen-bond donors (Lipinski definition) is 0. The van der Waals surface area contributed by atoms with Crippen LogP contribution in [0.2, 0.25) is 0 Å². The Morgan fingerprint density at radius 2 is 2.00 bits per heavy atom. The molecule has 0 bridgehead atoms. The maximum absolute atomic E-state index is 9.33. The van der Waals surface area contributed by atoms with Gasteiger partial charge in [0, 0.05) is 30.9 Å². The van der Waals surface area contributed by atoms with E-state index >= 15 is 0 Å². The second kappa shape index (κ2) is 6.09. The minimum atomic E-state index is -0.290. The van der Waals surface area contributed by atoms with Crippen LogP contribution in [0.15, 0.2) is 41.8 Å². The van der Waals surface area contributed by atoms with Crippen molar-refractivity contribution < 1.29 is 4.74 Å². The Kier molecular flexibility index (Phi) is 3.94. The number of rotatable bonds is 2. The van der Waals surface area contributed by atoms with Gasteiger partial charge in [0.25, 0.3) is 0 Å². The molecule has 0 N–H and O–H groups in total. The third-order valence-electron chi connectivity index (χ3n) is 5.03. The third kappa shape index (κ3) is 2.81. The average molecular weight is 324 g/mol. The van der Waals surface area contributed by atoms with E-state index in [-0.39, 0.29) is 11.7 Å². The number of benzene rings is 1. The van der Waals surface area contributed by atoms with Crippen LogP contribution >= 0.6 is 11.3 Å². The number of nitrogens with zero attached hydrogens (tertiary/aromatic N) is 2. The van der Waals surface area contributed by atoms with Crippen molar-refractivity contribution in [2.24, 2.45) is 0 Å². The molecule has 1 fully saturated rings. The summed E-state index contributed by atoms with van der Waals surface area (Å²) in [4.78, 5) is 3.84. The van der Waals surface area contributed by atoms with E-state index in [0.29, 0.717) is 0 Å². The first kappa shape index (κ1) is 14.9. The van der Waals surface area contributed by atoms with Crippen molar-refractivity contribution in [2.45, 2.75) is 37.5 Å². The van der Waals surface area contributed by atoms with Gasteiger partial charge in [0.2, 0.25) is 0 Å². The summed E-state index contributed by atoms with van der Waals surface area (Å²) in [5.41, 5.74) is 2.47. The Morgan fingerprint density at radius 3 is 2.74 bits per heavy atom. The molecule has 4 heteroatoms. The molecule has 1 saturated heterocycles. The second-order valence-corrected chi connectivity index (χ2v) is 7.45. The first-order valence-electron chi connectivity index (χ1n) is 8.20. The summed E-state index contributed by atoms with van der Waals surface area (Å²) in [5.74, 6) is 0. The lowest BCUT2D eigenvalue weighted by Gasteiger charge is -2.45. The van der Waals surface area contributed by atoms with Gasteiger partial charge in [-0.15, -0.1) is 11.3 Å². The van der Waals surface area contributed by atoms with Crippen LogP contribution in [0.5, 0.6) is 0 Å². The van der Waals surface area contributed by atoms with Crippen molar-refractivity contribution in [3.63, 3.8) is 0 Å². The molecular weight excluding hydrogens is 304 g/mol. The number of likely N-dealkylation sites (tertiary alicyclic amines) is 1. The predicted octanol–water partition coefficient (Wildman–Crippen LogP) is 3.70. The highest BCUT2D eigenvalue weighted by atomic mass is 32.1. The van der Waals surface area contributed by atoms with E-state index in [4.69, 9.17) is 4.74 Å². The van der Waals surface area contributed by atoms with Crippen molar-refractivity contribution >= 4 is 11.3 Å². The zero-order valence-corrected chi connectivity index (χ0v) is 13.9. The summed E-state index contributed by atoms with van der Waals surface area (Å²) in [6.45, 7) is 3.03. The summed E-state index contributed by atoms with van der Waals surface area (Å²) in [7, 11) is 0. The van der Waals surface area contributed by atoms with E-state index in [1.54, 1.807) is 11.3 Å². The van der Waals surface area contributed by atoms with Gasteiger partial charge in [-0.25, -0.2) is 0 Å². The lowest BCUT2D eigenvalue weighted by atomic mass is 9.81. The fraction of sp³-hybridized carbons (Fsp3) is 0.421. The zero-order valence-electron chi connectivity index (χ0n) is 13.1. The molecular formula is C19H20N2OS. The van der Waals surface area contributed by atoms with Gasteiger partial charge in [-0.2, -0.15) is 5.26 Å².